The first-order valence-electron chi connectivity index (χ1n) is 8.75. The SMILES string of the molecule is Cc1ccc(S(=O)(=O)Nc2cccc3ccn(C(=O)c4ccccc4)c23)cc1. The molecule has 4 aromatic rings. The highest BCUT2D eigenvalue weighted by Crippen LogP contribution is 2.27. The summed E-state index contributed by atoms with van der Waals surface area (Å²) < 4.78 is 29.7. The third kappa shape index (κ3) is 3.30. The maximum atomic E-state index is 12.9. The van der Waals surface area contributed by atoms with Gasteiger partial charge in [-0.3, -0.25) is 14.1 Å². The van der Waals surface area contributed by atoms with Crippen LogP contribution in [0.2, 0.25) is 0 Å². The van der Waals surface area contributed by atoms with Gasteiger partial charge >= 0.3 is 0 Å². The fourth-order valence-corrected chi connectivity index (χ4v) is 4.15. The van der Waals surface area contributed by atoms with E-state index in [1.165, 1.54) is 4.57 Å². The highest BCUT2D eigenvalue weighted by Gasteiger charge is 2.19. The minimum Gasteiger partial charge on any atom is -0.281 e. The molecule has 0 aliphatic rings. The third-order valence-corrected chi connectivity index (χ3v) is 5.91. The van der Waals surface area contributed by atoms with E-state index in [-0.39, 0.29) is 10.8 Å². The van der Waals surface area contributed by atoms with Gasteiger partial charge < -0.3 is 0 Å². The van der Waals surface area contributed by atoms with E-state index >= 15 is 0 Å². The summed E-state index contributed by atoms with van der Waals surface area (Å²) >= 11 is 0. The van der Waals surface area contributed by atoms with Crippen molar-refractivity contribution in [3.63, 3.8) is 0 Å². The first kappa shape index (κ1) is 18.0. The van der Waals surface area contributed by atoms with Crippen molar-refractivity contribution in [3.05, 3.63) is 96.2 Å². The molecule has 5 nitrogen and oxygen atoms in total. The maximum absolute atomic E-state index is 12.9. The molecule has 6 heteroatoms. The van der Waals surface area contributed by atoms with Crippen molar-refractivity contribution in [2.45, 2.75) is 11.8 Å². The molecule has 0 aliphatic heterocycles. The van der Waals surface area contributed by atoms with Crippen LogP contribution >= 0.6 is 0 Å². The maximum Gasteiger partial charge on any atom is 0.262 e. The Labute approximate surface area is 163 Å². The van der Waals surface area contributed by atoms with Crippen LogP contribution in [0.25, 0.3) is 10.9 Å². The number of sulfonamides is 1. The predicted molar refractivity (Wildman–Crippen MR) is 110 cm³/mol. The lowest BCUT2D eigenvalue weighted by Crippen LogP contribution is -2.16. The molecule has 1 N–H and O–H groups in total. The predicted octanol–water partition coefficient (Wildman–Crippen LogP) is 4.44. The van der Waals surface area contributed by atoms with E-state index in [9.17, 15) is 13.2 Å². The van der Waals surface area contributed by atoms with Crippen LogP contribution in [0, 0.1) is 6.92 Å². The van der Waals surface area contributed by atoms with Crippen molar-refractivity contribution in [2.24, 2.45) is 0 Å². The third-order valence-electron chi connectivity index (χ3n) is 4.53. The highest BCUT2D eigenvalue weighted by atomic mass is 32.2. The summed E-state index contributed by atoms with van der Waals surface area (Å²) in [5.74, 6) is -0.224. The molecule has 0 saturated heterocycles. The lowest BCUT2D eigenvalue weighted by molar-refractivity contribution is 0.0965. The molecule has 0 radical (unpaired) electrons. The van der Waals surface area contributed by atoms with Gasteiger partial charge in [0.15, 0.2) is 0 Å². The summed E-state index contributed by atoms with van der Waals surface area (Å²) in [7, 11) is -3.78. The highest BCUT2D eigenvalue weighted by molar-refractivity contribution is 7.92. The minimum absolute atomic E-state index is 0.169. The molecule has 0 saturated carbocycles. The zero-order valence-corrected chi connectivity index (χ0v) is 16.0. The van der Waals surface area contributed by atoms with Gasteiger partial charge in [-0.15, -0.1) is 0 Å². The quantitative estimate of drug-likeness (QED) is 0.560. The normalized spacial score (nSPS) is 11.5. The van der Waals surface area contributed by atoms with E-state index in [0.29, 0.717) is 16.8 Å². The minimum atomic E-state index is -3.78. The van der Waals surface area contributed by atoms with Gasteiger partial charge in [0.2, 0.25) is 0 Å². The van der Waals surface area contributed by atoms with Gasteiger partial charge in [0.05, 0.1) is 16.1 Å². The summed E-state index contributed by atoms with van der Waals surface area (Å²) in [6.07, 6.45) is 1.66. The first-order valence-corrected chi connectivity index (χ1v) is 10.2. The number of fused-ring (bicyclic) bond motifs is 1. The van der Waals surface area contributed by atoms with Gasteiger partial charge in [0, 0.05) is 17.1 Å². The molecule has 0 aliphatic carbocycles. The van der Waals surface area contributed by atoms with Crippen molar-refractivity contribution < 1.29 is 13.2 Å². The number of benzene rings is 3. The van der Waals surface area contributed by atoms with Gasteiger partial charge in [-0.05, 0) is 43.3 Å². The zero-order valence-electron chi connectivity index (χ0n) is 15.2. The Kier molecular flexibility index (Phi) is 4.49. The molecule has 0 amide bonds. The summed E-state index contributed by atoms with van der Waals surface area (Å²) in [4.78, 5) is 13.1. The molecule has 1 aromatic heterocycles. The average Bonchev–Trinajstić information content (AvgIpc) is 3.13. The van der Waals surface area contributed by atoms with Crippen LogP contribution in [0.1, 0.15) is 15.9 Å². The number of carbonyl (C=O) groups excluding carboxylic acids is 1. The monoisotopic (exact) mass is 390 g/mol. The largest absolute Gasteiger partial charge is 0.281 e. The lowest BCUT2D eigenvalue weighted by atomic mass is 10.2. The van der Waals surface area contributed by atoms with E-state index < -0.39 is 10.0 Å². The summed E-state index contributed by atoms with van der Waals surface area (Å²) in [6, 6.07) is 22.5. The number of hydrogen-bond donors (Lipinski definition) is 1. The van der Waals surface area contributed by atoms with Gasteiger partial charge in [-0.1, -0.05) is 48.0 Å². The lowest BCUT2D eigenvalue weighted by Gasteiger charge is -2.12. The van der Waals surface area contributed by atoms with Crippen LogP contribution in [0.5, 0.6) is 0 Å². The Hall–Kier alpha value is -3.38. The molecular formula is C22H18N2O3S. The second kappa shape index (κ2) is 6.98. The zero-order chi connectivity index (χ0) is 19.7. The molecule has 0 unspecified atom stereocenters. The number of carbonyl (C=O) groups is 1. The summed E-state index contributed by atoms with van der Waals surface area (Å²) in [5.41, 5.74) is 2.37. The number of nitrogens with zero attached hydrogens (tertiary/aromatic N) is 1. The fraction of sp³-hybridized carbons (Fsp3) is 0.0455. The van der Waals surface area contributed by atoms with Crippen molar-refractivity contribution in [1.82, 2.24) is 4.57 Å². The number of rotatable bonds is 4. The number of hydrogen-bond acceptors (Lipinski definition) is 3. The topological polar surface area (TPSA) is 68.2 Å². The fourth-order valence-electron chi connectivity index (χ4n) is 3.09. The number of nitrogens with one attached hydrogen (secondary N) is 1. The van der Waals surface area contributed by atoms with E-state index in [2.05, 4.69) is 4.72 Å². The Bertz CT molecular complexity index is 1260. The van der Waals surface area contributed by atoms with Crippen LogP contribution in [-0.4, -0.2) is 18.9 Å². The van der Waals surface area contributed by atoms with E-state index in [4.69, 9.17) is 0 Å². The average molecular weight is 390 g/mol. The smallest absolute Gasteiger partial charge is 0.262 e. The van der Waals surface area contributed by atoms with Crippen molar-refractivity contribution >= 4 is 32.5 Å². The molecule has 4 rings (SSSR count). The van der Waals surface area contributed by atoms with Crippen LogP contribution in [-0.2, 0) is 10.0 Å². The Morgan fingerprint density at radius 3 is 2.29 bits per heavy atom. The van der Waals surface area contributed by atoms with Gasteiger partial charge in [-0.25, -0.2) is 8.42 Å². The first-order chi connectivity index (χ1) is 13.5. The van der Waals surface area contributed by atoms with E-state index in [1.54, 1.807) is 72.9 Å². The molecule has 0 fully saturated rings. The summed E-state index contributed by atoms with van der Waals surface area (Å²) in [6.45, 7) is 1.90. The van der Waals surface area contributed by atoms with Crippen LogP contribution in [0.15, 0.2) is 90.0 Å². The van der Waals surface area contributed by atoms with Crippen molar-refractivity contribution in [3.8, 4) is 0 Å². The second-order valence-electron chi connectivity index (χ2n) is 6.52. The number of aryl methyl sites for hydroxylation is 1. The van der Waals surface area contributed by atoms with Gasteiger partial charge in [0.1, 0.15) is 0 Å². The molecule has 28 heavy (non-hydrogen) atoms. The standard InChI is InChI=1S/C22H18N2O3S/c1-16-10-12-19(13-11-16)28(26,27)23-20-9-5-8-17-14-15-24(21(17)20)22(25)18-6-3-2-4-7-18/h2-15,23H,1H3. The van der Waals surface area contributed by atoms with Crippen molar-refractivity contribution in [2.75, 3.05) is 4.72 Å². The van der Waals surface area contributed by atoms with Crippen LogP contribution < -0.4 is 4.72 Å². The van der Waals surface area contributed by atoms with Gasteiger partial charge in [0.25, 0.3) is 15.9 Å². The van der Waals surface area contributed by atoms with E-state index in [0.717, 1.165) is 10.9 Å². The van der Waals surface area contributed by atoms with E-state index in [1.807, 2.05) is 19.1 Å². The van der Waals surface area contributed by atoms with Crippen molar-refractivity contribution in [1.29, 1.82) is 0 Å². The molecular weight excluding hydrogens is 372 g/mol. The number of aromatic nitrogens is 1. The molecule has 1 heterocycles. The van der Waals surface area contributed by atoms with Crippen LogP contribution in [0.4, 0.5) is 5.69 Å². The Morgan fingerprint density at radius 2 is 1.57 bits per heavy atom. The molecule has 3 aromatic carbocycles. The molecule has 0 bridgehead atoms. The number of para-hydroxylation sites is 1. The Balaban J connectivity index is 1.79. The van der Waals surface area contributed by atoms with Crippen LogP contribution in [0.3, 0.4) is 0 Å². The molecule has 0 atom stereocenters. The number of anilines is 1. The summed E-state index contributed by atoms with van der Waals surface area (Å²) in [5, 5.41) is 0.772. The molecule has 140 valence electrons. The molecule has 0 spiro atoms. The Morgan fingerprint density at radius 1 is 0.857 bits per heavy atom. The second-order valence-corrected chi connectivity index (χ2v) is 8.20. The van der Waals surface area contributed by atoms with Gasteiger partial charge in [-0.2, -0.15) is 0 Å².